The van der Waals surface area contributed by atoms with Crippen LogP contribution in [0.3, 0.4) is 0 Å². The van der Waals surface area contributed by atoms with Gasteiger partial charge in [-0.05, 0) is 13.1 Å². The van der Waals surface area contributed by atoms with Crippen LogP contribution in [0.2, 0.25) is 0 Å². The number of nitrogens with one attached hydrogen (secondary N) is 1. The van der Waals surface area contributed by atoms with E-state index >= 15 is 0 Å². The Morgan fingerprint density at radius 1 is 1.22 bits per heavy atom. The van der Waals surface area contributed by atoms with Gasteiger partial charge in [0.15, 0.2) is 0 Å². The number of nitrogens with two attached hydrogens (primary N) is 1. The summed E-state index contributed by atoms with van der Waals surface area (Å²) in [7, 11) is 1.83. The summed E-state index contributed by atoms with van der Waals surface area (Å²) in [6, 6.07) is 3.74. The monoisotopic (exact) mass is 255 g/mol. The zero-order valence-corrected chi connectivity index (χ0v) is 10.7. The second kappa shape index (κ2) is 9.78. The van der Waals surface area contributed by atoms with Crippen LogP contribution in [0.1, 0.15) is 5.56 Å². The van der Waals surface area contributed by atoms with Gasteiger partial charge in [-0.2, -0.15) is 0 Å². The van der Waals surface area contributed by atoms with E-state index in [-0.39, 0.29) is 0 Å². The van der Waals surface area contributed by atoms with Crippen LogP contribution in [0.15, 0.2) is 18.3 Å². The predicted octanol–water partition coefficient (Wildman–Crippen LogP) is 0.129. The summed E-state index contributed by atoms with van der Waals surface area (Å²) < 4.78 is 16.0. The molecule has 0 bridgehead atoms. The van der Waals surface area contributed by atoms with Gasteiger partial charge in [-0.1, -0.05) is 6.07 Å². The molecule has 1 heterocycles. The van der Waals surface area contributed by atoms with Crippen molar-refractivity contribution >= 4 is 0 Å². The Labute approximate surface area is 107 Å². The molecule has 6 nitrogen and oxygen atoms in total. The van der Waals surface area contributed by atoms with Crippen molar-refractivity contribution < 1.29 is 14.2 Å². The van der Waals surface area contributed by atoms with Crippen LogP contribution >= 0.6 is 0 Å². The first-order chi connectivity index (χ1) is 8.88. The molecular formula is C12H21N3O3. The average molecular weight is 255 g/mol. The first-order valence-electron chi connectivity index (χ1n) is 5.95. The molecule has 18 heavy (non-hydrogen) atoms. The van der Waals surface area contributed by atoms with Gasteiger partial charge in [-0.25, -0.2) is 4.98 Å². The van der Waals surface area contributed by atoms with E-state index in [1.807, 2.05) is 19.2 Å². The summed E-state index contributed by atoms with van der Waals surface area (Å²) in [5.74, 6) is 0.579. The van der Waals surface area contributed by atoms with E-state index in [0.717, 1.165) is 5.56 Å². The van der Waals surface area contributed by atoms with Crippen LogP contribution in [0.4, 0.5) is 0 Å². The van der Waals surface area contributed by atoms with Crippen LogP contribution in [0.25, 0.3) is 0 Å². The smallest absolute Gasteiger partial charge is 0.217 e. The zero-order chi connectivity index (χ0) is 13.1. The highest BCUT2D eigenvalue weighted by atomic mass is 16.5. The second-order valence-corrected chi connectivity index (χ2v) is 3.54. The summed E-state index contributed by atoms with van der Waals surface area (Å²) in [5.41, 5.74) is 6.47. The molecule has 0 unspecified atom stereocenters. The third-order valence-electron chi connectivity index (χ3n) is 2.15. The molecule has 0 radical (unpaired) electrons. The lowest BCUT2D eigenvalue weighted by atomic mass is 10.3. The topological polar surface area (TPSA) is 78.6 Å². The third-order valence-corrected chi connectivity index (χ3v) is 2.15. The van der Waals surface area contributed by atoms with Crippen molar-refractivity contribution in [2.45, 2.75) is 6.54 Å². The molecule has 0 atom stereocenters. The quantitative estimate of drug-likeness (QED) is 0.457. The van der Waals surface area contributed by atoms with Crippen molar-refractivity contribution in [2.75, 3.05) is 40.2 Å². The van der Waals surface area contributed by atoms with E-state index in [1.54, 1.807) is 6.20 Å². The van der Waals surface area contributed by atoms with E-state index in [1.165, 1.54) is 0 Å². The molecule has 1 aromatic rings. The lowest BCUT2D eigenvalue weighted by molar-refractivity contribution is 0.0316. The summed E-state index contributed by atoms with van der Waals surface area (Å²) >= 11 is 0. The highest BCUT2D eigenvalue weighted by Crippen LogP contribution is 2.12. The normalized spacial score (nSPS) is 10.6. The van der Waals surface area contributed by atoms with Crippen molar-refractivity contribution in [2.24, 2.45) is 5.73 Å². The van der Waals surface area contributed by atoms with Crippen molar-refractivity contribution in [1.29, 1.82) is 0 Å². The maximum atomic E-state index is 5.58. The van der Waals surface area contributed by atoms with Gasteiger partial charge in [-0.15, -0.1) is 0 Å². The van der Waals surface area contributed by atoms with Crippen LogP contribution in [-0.2, 0) is 16.0 Å². The van der Waals surface area contributed by atoms with Crippen LogP contribution in [0, 0.1) is 0 Å². The van der Waals surface area contributed by atoms with Gasteiger partial charge in [0.05, 0.1) is 26.6 Å². The Hall–Kier alpha value is -1.21. The standard InChI is InChI=1S/C12H21N3O3/c1-14-10-17-6-5-16-7-8-18-12-11(9-13)3-2-4-15-12/h2-4,14H,5-10,13H2,1H3. The molecule has 0 saturated heterocycles. The molecule has 102 valence electrons. The maximum Gasteiger partial charge on any atom is 0.217 e. The van der Waals surface area contributed by atoms with Gasteiger partial charge in [0.1, 0.15) is 6.61 Å². The summed E-state index contributed by atoms with van der Waals surface area (Å²) in [5, 5.41) is 2.88. The van der Waals surface area contributed by atoms with Crippen molar-refractivity contribution in [3.05, 3.63) is 23.9 Å². The minimum absolute atomic E-state index is 0.419. The number of hydrogen-bond acceptors (Lipinski definition) is 6. The van der Waals surface area contributed by atoms with Crippen LogP contribution in [0.5, 0.6) is 5.88 Å². The number of hydrogen-bond donors (Lipinski definition) is 2. The molecule has 0 fully saturated rings. The van der Waals surface area contributed by atoms with Gasteiger partial charge in [0, 0.05) is 18.3 Å². The number of aromatic nitrogens is 1. The van der Waals surface area contributed by atoms with E-state index in [2.05, 4.69) is 10.3 Å². The van der Waals surface area contributed by atoms with E-state index in [9.17, 15) is 0 Å². The fraction of sp³-hybridized carbons (Fsp3) is 0.583. The Balaban J connectivity index is 2.07. The molecule has 3 N–H and O–H groups in total. The molecule has 0 amide bonds. The summed E-state index contributed by atoms with van der Waals surface area (Å²) in [6.07, 6.45) is 1.68. The second-order valence-electron chi connectivity index (χ2n) is 3.54. The van der Waals surface area contributed by atoms with E-state index < -0.39 is 0 Å². The summed E-state index contributed by atoms with van der Waals surface area (Å²) in [4.78, 5) is 4.12. The van der Waals surface area contributed by atoms with Crippen LogP contribution in [-0.4, -0.2) is 45.2 Å². The minimum Gasteiger partial charge on any atom is -0.475 e. The first-order valence-corrected chi connectivity index (χ1v) is 5.95. The predicted molar refractivity (Wildman–Crippen MR) is 68.3 cm³/mol. The fourth-order valence-electron chi connectivity index (χ4n) is 1.30. The van der Waals surface area contributed by atoms with Crippen molar-refractivity contribution in [3.63, 3.8) is 0 Å². The molecule has 6 heteroatoms. The number of nitrogens with zero attached hydrogens (tertiary/aromatic N) is 1. The number of ether oxygens (including phenoxy) is 3. The molecule has 0 aliphatic heterocycles. The molecule has 1 rings (SSSR count). The largest absolute Gasteiger partial charge is 0.475 e. The maximum absolute atomic E-state index is 5.58. The lowest BCUT2D eigenvalue weighted by Gasteiger charge is -2.09. The highest BCUT2D eigenvalue weighted by Gasteiger charge is 2.01. The molecule has 0 saturated carbocycles. The third kappa shape index (κ3) is 5.92. The molecular weight excluding hydrogens is 234 g/mol. The van der Waals surface area contributed by atoms with E-state index in [4.69, 9.17) is 19.9 Å². The Morgan fingerprint density at radius 3 is 2.78 bits per heavy atom. The number of pyridine rings is 1. The Kier molecular flexibility index (Phi) is 8.07. The van der Waals surface area contributed by atoms with Gasteiger partial charge in [0.25, 0.3) is 0 Å². The Bertz CT molecular complexity index is 323. The zero-order valence-electron chi connectivity index (χ0n) is 10.7. The molecule has 0 aliphatic rings. The van der Waals surface area contributed by atoms with Gasteiger partial charge >= 0.3 is 0 Å². The molecule has 1 aromatic heterocycles. The SMILES string of the molecule is CNCOCCOCCOc1ncccc1CN. The van der Waals surface area contributed by atoms with Crippen molar-refractivity contribution in [3.8, 4) is 5.88 Å². The van der Waals surface area contributed by atoms with Crippen molar-refractivity contribution in [1.82, 2.24) is 10.3 Å². The summed E-state index contributed by atoms with van der Waals surface area (Å²) in [6.45, 7) is 3.03. The number of rotatable bonds is 10. The molecule has 0 spiro atoms. The van der Waals surface area contributed by atoms with Crippen LogP contribution < -0.4 is 15.8 Å². The molecule has 0 aromatic carbocycles. The molecule has 0 aliphatic carbocycles. The minimum atomic E-state index is 0.419. The highest BCUT2D eigenvalue weighted by molar-refractivity contribution is 5.24. The first kappa shape index (κ1) is 14.8. The average Bonchev–Trinajstić information content (AvgIpc) is 2.42. The Morgan fingerprint density at radius 2 is 2.00 bits per heavy atom. The van der Waals surface area contributed by atoms with E-state index in [0.29, 0.717) is 45.6 Å². The van der Waals surface area contributed by atoms with Gasteiger partial charge < -0.3 is 19.9 Å². The lowest BCUT2D eigenvalue weighted by Crippen LogP contribution is -2.16. The fourth-order valence-corrected chi connectivity index (χ4v) is 1.30. The van der Waals surface area contributed by atoms with Gasteiger partial charge in [0.2, 0.25) is 5.88 Å². The van der Waals surface area contributed by atoms with Gasteiger partial charge in [-0.3, -0.25) is 5.32 Å².